The number of rotatable bonds is 4. The lowest BCUT2D eigenvalue weighted by Crippen LogP contribution is -2.40. The quantitative estimate of drug-likeness (QED) is 0.911. The van der Waals surface area contributed by atoms with Gasteiger partial charge >= 0.3 is 0 Å². The topological polar surface area (TPSA) is 63.4 Å². The molecule has 2 N–H and O–H groups in total. The number of halogens is 1. The van der Waals surface area contributed by atoms with E-state index >= 15 is 0 Å². The van der Waals surface area contributed by atoms with Crippen molar-refractivity contribution in [2.24, 2.45) is 5.73 Å². The normalized spacial score (nSPS) is 20.6. The van der Waals surface area contributed by atoms with Gasteiger partial charge in [-0.3, -0.25) is 0 Å². The maximum Gasteiger partial charge on any atom is 0.218 e. The molecule has 0 spiro atoms. The van der Waals surface area contributed by atoms with Crippen molar-refractivity contribution in [3.05, 3.63) is 35.9 Å². The minimum Gasteiger partial charge on any atom is -0.329 e. The van der Waals surface area contributed by atoms with Gasteiger partial charge < -0.3 is 5.73 Å². The third-order valence-electron chi connectivity index (χ3n) is 3.14. The summed E-state index contributed by atoms with van der Waals surface area (Å²) in [5, 5.41) is 0. The van der Waals surface area contributed by atoms with Gasteiger partial charge in [0.15, 0.2) is 0 Å². The molecule has 2 rings (SSSR count). The van der Waals surface area contributed by atoms with E-state index in [1.54, 1.807) is 4.31 Å². The molecule has 1 atom stereocenters. The van der Waals surface area contributed by atoms with E-state index < -0.39 is 10.0 Å². The Labute approximate surface area is 115 Å². The fraction of sp³-hybridized carbons (Fsp3) is 0.500. The van der Waals surface area contributed by atoms with E-state index in [0.717, 1.165) is 18.4 Å². The fourth-order valence-electron chi connectivity index (χ4n) is 2.28. The van der Waals surface area contributed by atoms with Gasteiger partial charge in [0.1, 0.15) is 0 Å². The second kappa shape index (κ2) is 6.52. The molecule has 1 saturated heterocycles. The van der Waals surface area contributed by atoms with Crippen LogP contribution in [0.1, 0.15) is 18.4 Å². The maximum absolute atomic E-state index is 12.2. The van der Waals surface area contributed by atoms with E-state index in [1.165, 1.54) is 0 Å². The summed E-state index contributed by atoms with van der Waals surface area (Å²) in [5.74, 6) is 0.0737. The van der Waals surface area contributed by atoms with E-state index in [4.69, 9.17) is 5.73 Å². The number of nitrogens with two attached hydrogens (primary N) is 1. The third kappa shape index (κ3) is 3.45. The molecule has 1 unspecified atom stereocenters. The van der Waals surface area contributed by atoms with E-state index in [9.17, 15) is 8.42 Å². The van der Waals surface area contributed by atoms with Gasteiger partial charge in [0.25, 0.3) is 0 Å². The molecule has 0 radical (unpaired) electrons. The summed E-state index contributed by atoms with van der Waals surface area (Å²) < 4.78 is 26.1. The molecule has 18 heavy (non-hydrogen) atoms. The van der Waals surface area contributed by atoms with Crippen molar-refractivity contribution in [1.82, 2.24) is 4.31 Å². The Morgan fingerprint density at radius 3 is 2.56 bits per heavy atom. The Morgan fingerprint density at radius 1 is 1.28 bits per heavy atom. The molecular weight excluding hydrogens is 272 g/mol. The molecule has 0 bridgehead atoms. The average molecular weight is 291 g/mol. The first-order valence-corrected chi connectivity index (χ1v) is 7.48. The second-order valence-electron chi connectivity index (χ2n) is 4.38. The largest absolute Gasteiger partial charge is 0.329 e. The van der Waals surface area contributed by atoms with Crippen LogP contribution < -0.4 is 5.73 Å². The van der Waals surface area contributed by atoms with Gasteiger partial charge in [-0.15, -0.1) is 12.4 Å². The van der Waals surface area contributed by atoms with Crippen LogP contribution >= 0.6 is 12.4 Å². The van der Waals surface area contributed by atoms with Gasteiger partial charge in [0, 0.05) is 19.1 Å². The Kier molecular flexibility index (Phi) is 5.59. The first-order chi connectivity index (χ1) is 8.13. The van der Waals surface area contributed by atoms with Crippen LogP contribution in [0.3, 0.4) is 0 Å². The van der Waals surface area contributed by atoms with Crippen LogP contribution in [0.4, 0.5) is 0 Å². The predicted molar refractivity (Wildman–Crippen MR) is 75.1 cm³/mol. The Morgan fingerprint density at radius 2 is 1.94 bits per heavy atom. The lowest BCUT2D eigenvalue weighted by molar-refractivity contribution is 0.392. The zero-order valence-corrected chi connectivity index (χ0v) is 11.8. The van der Waals surface area contributed by atoms with Crippen molar-refractivity contribution in [3.63, 3.8) is 0 Å². The highest BCUT2D eigenvalue weighted by Gasteiger charge is 2.32. The number of hydrogen-bond donors (Lipinski definition) is 1. The van der Waals surface area contributed by atoms with Crippen molar-refractivity contribution in [3.8, 4) is 0 Å². The van der Waals surface area contributed by atoms with Gasteiger partial charge in [-0.05, 0) is 18.4 Å². The smallest absolute Gasteiger partial charge is 0.218 e. The molecule has 1 aliphatic rings. The molecule has 0 saturated carbocycles. The lowest BCUT2D eigenvalue weighted by atomic mass is 10.2. The molecule has 0 aliphatic carbocycles. The van der Waals surface area contributed by atoms with E-state index in [-0.39, 0.29) is 24.2 Å². The van der Waals surface area contributed by atoms with Crippen LogP contribution in [0.25, 0.3) is 0 Å². The standard InChI is InChI=1S/C12H18N2O2S.ClH/c13-9-12-7-4-8-14(12)17(15,16)10-11-5-2-1-3-6-11;/h1-3,5-6,12H,4,7-10,13H2;1H. The number of nitrogens with zero attached hydrogens (tertiary/aromatic N) is 1. The molecular formula is C12H19ClN2O2S. The highest BCUT2D eigenvalue weighted by molar-refractivity contribution is 7.88. The van der Waals surface area contributed by atoms with Crippen LogP contribution in [-0.4, -0.2) is 31.9 Å². The van der Waals surface area contributed by atoms with Gasteiger partial charge in [-0.1, -0.05) is 30.3 Å². The molecule has 0 amide bonds. The van der Waals surface area contributed by atoms with Gasteiger partial charge in [-0.2, -0.15) is 4.31 Å². The zero-order chi connectivity index (χ0) is 12.3. The monoisotopic (exact) mass is 290 g/mol. The summed E-state index contributed by atoms with van der Waals surface area (Å²) in [4.78, 5) is 0. The summed E-state index contributed by atoms with van der Waals surface area (Å²) in [6, 6.07) is 9.26. The summed E-state index contributed by atoms with van der Waals surface area (Å²) in [7, 11) is -3.22. The van der Waals surface area contributed by atoms with Crippen molar-refractivity contribution in [2.75, 3.05) is 13.1 Å². The van der Waals surface area contributed by atoms with Gasteiger partial charge in [0.05, 0.1) is 5.75 Å². The lowest BCUT2D eigenvalue weighted by Gasteiger charge is -2.22. The van der Waals surface area contributed by atoms with Crippen molar-refractivity contribution in [1.29, 1.82) is 0 Å². The van der Waals surface area contributed by atoms with Crippen LogP contribution in [0.2, 0.25) is 0 Å². The Hall–Kier alpha value is -0.620. The third-order valence-corrected chi connectivity index (χ3v) is 5.04. The molecule has 4 nitrogen and oxygen atoms in total. The minimum atomic E-state index is -3.22. The zero-order valence-electron chi connectivity index (χ0n) is 10.2. The first-order valence-electron chi connectivity index (χ1n) is 5.87. The van der Waals surface area contributed by atoms with Crippen LogP contribution in [-0.2, 0) is 15.8 Å². The van der Waals surface area contributed by atoms with Crippen LogP contribution in [0.15, 0.2) is 30.3 Å². The van der Waals surface area contributed by atoms with E-state index in [2.05, 4.69) is 0 Å². The molecule has 1 aromatic rings. The fourth-order valence-corrected chi connectivity index (χ4v) is 4.11. The highest BCUT2D eigenvalue weighted by atomic mass is 35.5. The molecule has 1 aliphatic heterocycles. The van der Waals surface area contributed by atoms with Crippen LogP contribution in [0.5, 0.6) is 0 Å². The molecule has 1 fully saturated rings. The molecule has 6 heteroatoms. The molecule has 1 heterocycles. The predicted octanol–water partition coefficient (Wildman–Crippen LogP) is 1.36. The van der Waals surface area contributed by atoms with Crippen molar-refractivity contribution >= 4 is 22.4 Å². The Bertz CT molecular complexity index is 464. The average Bonchev–Trinajstić information content (AvgIpc) is 2.78. The molecule has 102 valence electrons. The number of benzene rings is 1. The molecule has 0 aromatic heterocycles. The number of hydrogen-bond acceptors (Lipinski definition) is 3. The summed E-state index contributed by atoms with van der Waals surface area (Å²) in [6.45, 7) is 1.02. The second-order valence-corrected chi connectivity index (χ2v) is 6.31. The summed E-state index contributed by atoms with van der Waals surface area (Å²) in [5.41, 5.74) is 6.44. The van der Waals surface area contributed by atoms with Crippen molar-refractivity contribution < 1.29 is 8.42 Å². The molecule has 1 aromatic carbocycles. The van der Waals surface area contributed by atoms with E-state index in [0.29, 0.717) is 13.1 Å². The van der Waals surface area contributed by atoms with E-state index in [1.807, 2.05) is 30.3 Å². The highest BCUT2D eigenvalue weighted by Crippen LogP contribution is 2.22. The summed E-state index contributed by atoms with van der Waals surface area (Å²) in [6.07, 6.45) is 1.79. The maximum atomic E-state index is 12.2. The summed E-state index contributed by atoms with van der Waals surface area (Å²) >= 11 is 0. The van der Waals surface area contributed by atoms with Crippen molar-refractivity contribution in [2.45, 2.75) is 24.6 Å². The van der Waals surface area contributed by atoms with Crippen LogP contribution in [0, 0.1) is 0 Å². The number of sulfonamides is 1. The minimum absolute atomic E-state index is 0. The van der Waals surface area contributed by atoms with Gasteiger partial charge in [0.2, 0.25) is 10.0 Å². The van der Waals surface area contributed by atoms with Gasteiger partial charge in [-0.25, -0.2) is 8.42 Å². The Balaban J connectivity index is 0.00000162. The first kappa shape index (κ1) is 15.4. The SMILES string of the molecule is Cl.NCC1CCCN1S(=O)(=O)Cc1ccccc1.